The van der Waals surface area contributed by atoms with Gasteiger partial charge in [-0.15, -0.1) is 11.8 Å². The van der Waals surface area contributed by atoms with E-state index >= 15 is 0 Å². The molecular formula is C13H26N2OS. The highest BCUT2D eigenvalue weighted by molar-refractivity contribution is 8.01. The van der Waals surface area contributed by atoms with Gasteiger partial charge in [-0.3, -0.25) is 4.79 Å². The quantitative estimate of drug-likeness (QED) is 0.841. The number of hydrogen-bond acceptors (Lipinski definition) is 3. The molecule has 1 heterocycles. The molecule has 1 aliphatic heterocycles. The highest BCUT2D eigenvalue weighted by Gasteiger charge is 2.22. The molecule has 1 aliphatic rings. The number of hydrogen-bond donors (Lipinski definition) is 1. The van der Waals surface area contributed by atoms with Crippen molar-refractivity contribution < 1.29 is 4.79 Å². The predicted molar refractivity (Wildman–Crippen MR) is 75.5 cm³/mol. The molecule has 100 valence electrons. The van der Waals surface area contributed by atoms with Crippen LogP contribution in [0.1, 0.15) is 40.0 Å². The minimum atomic E-state index is 0.168. The average molecular weight is 258 g/mol. The fourth-order valence-corrected chi connectivity index (χ4v) is 2.73. The first-order valence-corrected chi connectivity index (χ1v) is 7.49. The van der Waals surface area contributed by atoms with Gasteiger partial charge in [0.1, 0.15) is 0 Å². The van der Waals surface area contributed by atoms with Gasteiger partial charge in [0.15, 0.2) is 0 Å². The molecule has 0 aromatic carbocycles. The maximum absolute atomic E-state index is 12.1. The molecule has 0 aromatic heterocycles. The van der Waals surface area contributed by atoms with Crippen LogP contribution in [-0.4, -0.2) is 47.5 Å². The van der Waals surface area contributed by atoms with E-state index in [9.17, 15) is 4.79 Å². The number of nitrogens with one attached hydrogen (secondary N) is 1. The molecule has 0 aliphatic carbocycles. The summed E-state index contributed by atoms with van der Waals surface area (Å²) in [5, 5.41) is 3.38. The Morgan fingerprint density at radius 1 is 1.35 bits per heavy atom. The minimum Gasteiger partial charge on any atom is -0.342 e. The molecule has 1 unspecified atom stereocenters. The predicted octanol–water partition coefficient (Wildman–Crippen LogP) is 2.12. The standard InChI is InChI=1S/C13H26N2OS/c1-13(2,3)17-10-12(16)15(4)11-6-5-8-14-9-7-11/h11,14H,5-10H2,1-4H3. The van der Waals surface area contributed by atoms with Gasteiger partial charge in [-0.05, 0) is 32.4 Å². The molecule has 0 aromatic rings. The lowest BCUT2D eigenvalue weighted by atomic mass is 10.1. The van der Waals surface area contributed by atoms with Crippen molar-refractivity contribution in [3.8, 4) is 0 Å². The van der Waals surface area contributed by atoms with Crippen molar-refractivity contribution in [1.82, 2.24) is 10.2 Å². The van der Waals surface area contributed by atoms with Crippen molar-refractivity contribution in [2.45, 2.75) is 50.8 Å². The summed E-state index contributed by atoms with van der Waals surface area (Å²) < 4.78 is 0.168. The number of carbonyl (C=O) groups excluding carboxylic acids is 1. The Labute approximate surface area is 110 Å². The lowest BCUT2D eigenvalue weighted by Gasteiger charge is -2.28. The molecule has 1 rings (SSSR count). The topological polar surface area (TPSA) is 32.3 Å². The Kier molecular flexibility index (Phi) is 5.80. The van der Waals surface area contributed by atoms with E-state index in [2.05, 4.69) is 26.1 Å². The van der Waals surface area contributed by atoms with Gasteiger partial charge in [0.05, 0.1) is 5.75 Å². The van der Waals surface area contributed by atoms with Crippen LogP contribution in [0.4, 0.5) is 0 Å². The van der Waals surface area contributed by atoms with Crippen LogP contribution >= 0.6 is 11.8 Å². The molecule has 0 radical (unpaired) electrons. The van der Waals surface area contributed by atoms with Crippen LogP contribution in [0.15, 0.2) is 0 Å². The first kappa shape index (κ1) is 14.8. The van der Waals surface area contributed by atoms with Gasteiger partial charge in [0, 0.05) is 17.8 Å². The van der Waals surface area contributed by atoms with Gasteiger partial charge in [-0.25, -0.2) is 0 Å². The van der Waals surface area contributed by atoms with Crippen LogP contribution in [0.2, 0.25) is 0 Å². The zero-order chi connectivity index (χ0) is 12.9. The highest BCUT2D eigenvalue weighted by atomic mass is 32.2. The zero-order valence-corrected chi connectivity index (χ0v) is 12.4. The molecule has 0 saturated carbocycles. The normalized spacial score (nSPS) is 22.0. The van der Waals surface area contributed by atoms with Crippen molar-refractivity contribution in [3.63, 3.8) is 0 Å². The first-order chi connectivity index (χ1) is 7.90. The van der Waals surface area contributed by atoms with Crippen molar-refractivity contribution in [2.75, 3.05) is 25.9 Å². The van der Waals surface area contributed by atoms with Gasteiger partial charge >= 0.3 is 0 Å². The average Bonchev–Trinajstić information content (AvgIpc) is 2.52. The fraction of sp³-hybridized carbons (Fsp3) is 0.923. The zero-order valence-electron chi connectivity index (χ0n) is 11.6. The summed E-state index contributed by atoms with van der Waals surface area (Å²) >= 11 is 1.73. The number of carbonyl (C=O) groups is 1. The van der Waals surface area contributed by atoms with Crippen molar-refractivity contribution in [3.05, 3.63) is 0 Å². The van der Waals surface area contributed by atoms with Crippen LogP contribution in [0.5, 0.6) is 0 Å². The van der Waals surface area contributed by atoms with Gasteiger partial charge in [0.25, 0.3) is 0 Å². The Morgan fingerprint density at radius 2 is 2.06 bits per heavy atom. The number of thioether (sulfide) groups is 1. The molecule has 1 amide bonds. The van der Waals surface area contributed by atoms with Crippen molar-refractivity contribution in [2.24, 2.45) is 0 Å². The summed E-state index contributed by atoms with van der Waals surface area (Å²) in [5.74, 6) is 0.876. The molecular weight excluding hydrogens is 232 g/mol. The third-order valence-electron chi connectivity index (χ3n) is 3.12. The van der Waals surface area contributed by atoms with E-state index in [0.717, 1.165) is 25.9 Å². The third kappa shape index (κ3) is 5.77. The lowest BCUT2D eigenvalue weighted by Crippen LogP contribution is -2.39. The Morgan fingerprint density at radius 3 is 2.71 bits per heavy atom. The van der Waals surface area contributed by atoms with Crippen molar-refractivity contribution >= 4 is 17.7 Å². The van der Waals surface area contributed by atoms with E-state index in [-0.39, 0.29) is 10.7 Å². The summed E-state index contributed by atoms with van der Waals surface area (Å²) in [5.41, 5.74) is 0. The molecule has 1 fully saturated rings. The number of amides is 1. The maximum atomic E-state index is 12.1. The van der Waals surface area contributed by atoms with E-state index in [0.29, 0.717) is 11.8 Å². The van der Waals surface area contributed by atoms with Crippen LogP contribution in [0, 0.1) is 0 Å². The molecule has 1 saturated heterocycles. The third-order valence-corrected chi connectivity index (χ3v) is 4.37. The first-order valence-electron chi connectivity index (χ1n) is 6.50. The summed E-state index contributed by atoms with van der Waals surface area (Å²) in [7, 11) is 1.96. The second-order valence-corrected chi connectivity index (χ2v) is 7.54. The fourth-order valence-electron chi connectivity index (χ4n) is 1.97. The van der Waals surface area contributed by atoms with Gasteiger partial charge in [-0.2, -0.15) is 0 Å². The molecule has 0 bridgehead atoms. The molecule has 17 heavy (non-hydrogen) atoms. The van der Waals surface area contributed by atoms with Crippen LogP contribution < -0.4 is 5.32 Å². The molecule has 1 atom stereocenters. The SMILES string of the molecule is CN(C(=O)CSC(C)(C)C)C1CCCNCC1. The summed E-state index contributed by atoms with van der Waals surface area (Å²) in [6, 6.07) is 0.429. The van der Waals surface area contributed by atoms with Crippen LogP contribution in [0.25, 0.3) is 0 Å². The molecule has 4 heteroatoms. The highest BCUT2D eigenvalue weighted by Crippen LogP contribution is 2.24. The number of nitrogens with zero attached hydrogens (tertiary/aromatic N) is 1. The number of rotatable bonds is 3. The largest absolute Gasteiger partial charge is 0.342 e. The van der Waals surface area contributed by atoms with Gasteiger partial charge in [0.2, 0.25) is 5.91 Å². The Hall–Kier alpha value is -0.220. The summed E-state index contributed by atoms with van der Waals surface area (Å²) in [6.07, 6.45) is 3.40. The monoisotopic (exact) mass is 258 g/mol. The van der Waals surface area contributed by atoms with E-state index in [1.165, 1.54) is 6.42 Å². The smallest absolute Gasteiger partial charge is 0.232 e. The summed E-state index contributed by atoms with van der Waals surface area (Å²) in [4.78, 5) is 14.0. The summed E-state index contributed by atoms with van der Waals surface area (Å²) in [6.45, 7) is 8.59. The van der Waals surface area contributed by atoms with Crippen molar-refractivity contribution in [1.29, 1.82) is 0 Å². The van der Waals surface area contributed by atoms with E-state index in [4.69, 9.17) is 0 Å². The lowest BCUT2D eigenvalue weighted by molar-refractivity contribution is -0.129. The van der Waals surface area contributed by atoms with E-state index < -0.39 is 0 Å². The Bertz CT molecular complexity index is 242. The van der Waals surface area contributed by atoms with Gasteiger partial charge in [-0.1, -0.05) is 20.8 Å². The Balaban J connectivity index is 2.39. The maximum Gasteiger partial charge on any atom is 0.232 e. The molecule has 3 nitrogen and oxygen atoms in total. The van der Waals surface area contributed by atoms with E-state index in [1.54, 1.807) is 11.8 Å². The van der Waals surface area contributed by atoms with E-state index in [1.807, 2.05) is 11.9 Å². The molecule has 0 spiro atoms. The van der Waals surface area contributed by atoms with Crippen LogP contribution in [0.3, 0.4) is 0 Å². The van der Waals surface area contributed by atoms with Crippen LogP contribution in [-0.2, 0) is 4.79 Å². The second-order valence-electron chi connectivity index (χ2n) is 5.74. The molecule has 1 N–H and O–H groups in total. The second kappa shape index (κ2) is 6.64. The van der Waals surface area contributed by atoms with Gasteiger partial charge < -0.3 is 10.2 Å². The minimum absolute atomic E-state index is 0.168.